The van der Waals surface area contributed by atoms with E-state index in [1.54, 1.807) is 6.20 Å². The van der Waals surface area contributed by atoms with Gasteiger partial charge in [0.15, 0.2) is 0 Å². The molecule has 0 N–H and O–H groups in total. The van der Waals surface area contributed by atoms with E-state index < -0.39 is 0 Å². The van der Waals surface area contributed by atoms with E-state index in [2.05, 4.69) is 96.2 Å². The molecule has 0 saturated carbocycles. The van der Waals surface area contributed by atoms with Gasteiger partial charge in [-0.1, -0.05) is 72.8 Å². The van der Waals surface area contributed by atoms with Gasteiger partial charge in [-0.3, -0.25) is 4.98 Å². The minimum atomic E-state index is 0. The molecule has 0 saturated heterocycles. The summed E-state index contributed by atoms with van der Waals surface area (Å²) < 4.78 is 8.77. The largest absolute Gasteiger partial charge is 2.00 e. The van der Waals surface area contributed by atoms with Crippen molar-refractivity contribution in [3.63, 3.8) is 0 Å². The molecule has 0 unspecified atom stereocenters. The van der Waals surface area contributed by atoms with Crippen LogP contribution in [0.15, 0.2) is 115 Å². The second-order valence-electron chi connectivity index (χ2n) is 13.2. The topological polar surface area (TPSA) is 39.9 Å². The van der Waals surface area contributed by atoms with Crippen molar-refractivity contribution in [1.29, 1.82) is 0 Å². The van der Waals surface area contributed by atoms with Crippen LogP contribution in [0.2, 0.25) is 0 Å². The summed E-state index contributed by atoms with van der Waals surface area (Å²) in [6.45, 7) is 4.40. The molecule has 5 heteroatoms. The first-order chi connectivity index (χ1) is 23.0. The summed E-state index contributed by atoms with van der Waals surface area (Å²) >= 11 is 0. The third kappa shape index (κ3) is 5.20. The molecule has 0 aliphatic heterocycles. The number of para-hydroxylation sites is 1. The summed E-state index contributed by atoms with van der Waals surface area (Å²) in [7, 11) is 0. The third-order valence-corrected chi connectivity index (χ3v) is 9.99. The van der Waals surface area contributed by atoms with Crippen LogP contribution in [-0.4, -0.2) is 14.5 Å². The molecule has 2 heterocycles. The van der Waals surface area contributed by atoms with Gasteiger partial charge in [0.2, 0.25) is 0 Å². The Hall–Kier alpha value is -4.79. The van der Waals surface area contributed by atoms with E-state index in [1.165, 1.54) is 44.6 Å². The quantitative estimate of drug-likeness (QED) is 0.163. The van der Waals surface area contributed by atoms with Crippen molar-refractivity contribution in [2.24, 2.45) is 5.41 Å². The number of nitrogens with zero attached hydrogens (tertiary/aromatic N) is 3. The van der Waals surface area contributed by atoms with E-state index in [4.69, 9.17) is 9.72 Å². The summed E-state index contributed by atoms with van der Waals surface area (Å²) in [5.41, 5.74) is 14.6. The van der Waals surface area contributed by atoms with Crippen LogP contribution in [-0.2, 0) is 46.7 Å². The molecular formula is C43H33N3OPt. The van der Waals surface area contributed by atoms with E-state index in [1.807, 2.05) is 48.5 Å². The SMILES string of the molecule is Cc1cccc(C)c1-n1c(-c2[c-]c(Oc3[c-]c(-c4ccccn4)ccc3)ccc2)nc2ccc3c(c21)CC1(Cc2ccccc2C1)C3.[Pt+2]. The molecule has 2 aromatic heterocycles. The fourth-order valence-corrected chi connectivity index (χ4v) is 7.99. The molecule has 2 aliphatic rings. The summed E-state index contributed by atoms with van der Waals surface area (Å²) in [4.78, 5) is 9.81. The van der Waals surface area contributed by atoms with E-state index in [9.17, 15) is 0 Å². The zero-order valence-electron chi connectivity index (χ0n) is 26.9. The average molecular weight is 803 g/mol. The smallest absolute Gasteiger partial charge is 0.497 e. The molecule has 0 amide bonds. The maximum absolute atomic E-state index is 6.36. The van der Waals surface area contributed by atoms with Crippen molar-refractivity contribution in [2.75, 3.05) is 0 Å². The normalized spacial score (nSPS) is 14.1. The zero-order valence-corrected chi connectivity index (χ0v) is 29.1. The van der Waals surface area contributed by atoms with Crippen LogP contribution in [0, 0.1) is 31.4 Å². The van der Waals surface area contributed by atoms with Gasteiger partial charge in [0, 0.05) is 23.4 Å². The Bertz CT molecular complexity index is 2280. The molecule has 48 heavy (non-hydrogen) atoms. The Kier molecular flexibility index (Phi) is 7.65. The predicted octanol–water partition coefficient (Wildman–Crippen LogP) is 9.65. The van der Waals surface area contributed by atoms with Crippen molar-refractivity contribution >= 4 is 11.0 Å². The third-order valence-electron chi connectivity index (χ3n) is 9.99. The number of benzene rings is 5. The molecule has 0 radical (unpaired) electrons. The van der Waals surface area contributed by atoms with E-state index in [0.717, 1.165) is 53.8 Å². The number of aryl methyl sites for hydroxylation is 2. The number of aromatic nitrogens is 3. The minimum Gasteiger partial charge on any atom is -0.497 e. The second-order valence-corrected chi connectivity index (χ2v) is 13.2. The first-order valence-corrected chi connectivity index (χ1v) is 16.3. The Morgan fingerprint density at radius 1 is 0.646 bits per heavy atom. The number of imidazole rings is 1. The van der Waals surface area contributed by atoms with Crippen molar-refractivity contribution in [2.45, 2.75) is 39.5 Å². The molecule has 9 rings (SSSR count). The molecule has 0 bridgehead atoms. The van der Waals surface area contributed by atoms with Crippen LogP contribution >= 0.6 is 0 Å². The average Bonchev–Trinajstić information content (AvgIpc) is 3.77. The number of rotatable bonds is 5. The first-order valence-electron chi connectivity index (χ1n) is 16.3. The van der Waals surface area contributed by atoms with Gasteiger partial charge in [-0.2, -0.15) is 0 Å². The number of pyridine rings is 1. The van der Waals surface area contributed by atoms with Gasteiger partial charge >= 0.3 is 21.1 Å². The molecule has 2 aliphatic carbocycles. The van der Waals surface area contributed by atoms with Gasteiger partial charge in [0.1, 0.15) is 0 Å². The molecule has 4 nitrogen and oxygen atoms in total. The van der Waals surface area contributed by atoms with Gasteiger partial charge in [-0.25, -0.2) is 0 Å². The van der Waals surface area contributed by atoms with E-state index in [0.29, 0.717) is 11.5 Å². The van der Waals surface area contributed by atoms with Crippen LogP contribution in [0.5, 0.6) is 11.5 Å². The molecule has 5 aromatic carbocycles. The van der Waals surface area contributed by atoms with Crippen LogP contribution in [0.25, 0.3) is 39.4 Å². The first kappa shape index (κ1) is 30.5. The molecule has 0 atom stereocenters. The van der Waals surface area contributed by atoms with Crippen LogP contribution < -0.4 is 4.74 Å². The maximum atomic E-state index is 6.36. The summed E-state index contributed by atoms with van der Waals surface area (Å²) in [5.74, 6) is 2.11. The van der Waals surface area contributed by atoms with Gasteiger partial charge in [0.05, 0.1) is 16.9 Å². The van der Waals surface area contributed by atoms with Crippen molar-refractivity contribution in [1.82, 2.24) is 14.5 Å². The minimum absolute atomic E-state index is 0. The number of ether oxygens (including phenoxy) is 1. The van der Waals surface area contributed by atoms with Gasteiger partial charge in [-0.15, -0.1) is 47.5 Å². The summed E-state index contributed by atoms with van der Waals surface area (Å²) in [6.07, 6.45) is 6.21. The second kappa shape index (κ2) is 12.0. The van der Waals surface area contributed by atoms with E-state index in [-0.39, 0.29) is 26.5 Å². The zero-order chi connectivity index (χ0) is 31.5. The Morgan fingerprint density at radius 2 is 1.29 bits per heavy atom. The molecule has 236 valence electrons. The van der Waals surface area contributed by atoms with Gasteiger partial charge < -0.3 is 14.3 Å². The van der Waals surface area contributed by atoms with Crippen molar-refractivity contribution in [3.05, 3.63) is 161 Å². The number of hydrogen-bond acceptors (Lipinski definition) is 3. The van der Waals surface area contributed by atoms with Crippen LogP contribution in [0.1, 0.15) is 33.4 Å². The van der Waals surface area contributed by atoms with Crippen LogP contribution in [0.4, 0.5) is 0 Å². The Labute approximate surface area is 295 Å². The molecule has 7 aromatic rings. The molecule has 1 spiro atoms. The van der Waals surface area contributed by atoms with Crippen molar-refractivity contribution < 1.29 is 25.8 Å². The monoisotopic (exact) mass is 802 g/mol. The standard InChI is InChI=1S/C43H33N3O.Pt/c1-28-10-7-11-29(2)40(28)46-41-37-27-43(24-32-12-3-4-13-33(32)25-43)26-34(37)19-20-39(41)45-42(46)31-15-9-17-36(23-31)47-35-16-8-14-30(22-35)38-18-5-6-21-44-38;/h3-21H,24-27H2,1-2H3;/q-2;+2. The fourth-order valence-electron chi connectivity index (χ4n) is 7.99. The summed E-state index contributed by atoms with van der Waals surface area (Å²) in [5, 5.41) is 0. The molecular weight excluding hydrogens is 770 g/mol. The summed E-state index contributed by atoms with van der Waals surface area (Å²) in [6, 6.07) is 44.8. The number of fused-ring (bicyclic) bond motifs is 4. The van der Waals surface area contributed by atoms with Gasteiger partial charge in [-0.05, 0) is 96.2 Å². The fraction of sp³-hybridized carbons (Fsp3) is 0.163. The van der Waals surface area contributed by atoms with Crippen LogP contribution in [0.3, 0.4) is 0 Å². The number of hydrogen-bond donors (Lipinski definition) is 0. The van der Waals surface area contributed by atoms with Crippen molar-refractivity contribution in [3.8, 4) is 39.8 Å². The van der Waals surface area contributed by atoms with Gasteiger partial charge in [0.25, 0.3) is 0 Å². The van der Waals surface area contributed by atoms with E-state index >= 15 is 0 Å². The Balaban J connectivity index is 0.00000336. The predicted molar refractivity (Wildman–Crippen MR) is 187 cm³/mol. The Morgan fingerprint density at radius 3 is 2.00 bits per heavy atom. The maximum Gasteiger partial charge on any atom is 2.00 e. The molecule has 0 fully saturated rings.